The SMILES string of the molecule is Cc1nc(Cc2c(F)cccc2F)n(CCO)n1. The molecule has 0 unspecified atom stereocenters. The molecule has 0 fully saturated rings. The van der Waals surface area contributed by atoms with Crippen molar-refractivity contribution in [3.63, 3.8) is 0 Å². The van der Waals surface area contributed by atoms with Crippen LogP contribution in [0.2, 0.25) is 0 Å². The number of aliphatic hydroxyl groups is 1. The molecule has 0 amide bonds. The second-order valence-electron chi connectivity index (χ2n) is 3.90. The molecule has 1 heterocycles. The number of halogens is 2. The highest BCUT2D eigenvalue weighted by Crippen LogP contribution is 2.16. The van der Waals surface area contributed by atoms with Gasteiger partial charge in [0.25, 0.3) is 0 Å². The van der Waals surface area contributed by atoms with Gasteiger partial charge in [0.1, 0.15) is 23.3 Å². The first-order valence-electron chi connectivity index (χ1n) is 5.56. The van der Waals surface area contributed by atoms with Crippen molar-refractivity contribution in [3.05, 3.63) is 47.0 Å². The van der Waals surface area contributed by atoms with Crippen LogP contribution in [0.4, 0.5) is 8.78 Å². The Morgan fingerprint density at radius 2 is 1.94 bits per heavy atom. The number of hydrogen-bond acceptors (Lipinski definition) is 3. The van der Waals surface area contributed by atoms with Crippen LogP contribution in [-0.4, -0.2) is 26.5 Å². The van der Waals surface area contributed by atoms with Gasteiger partial charge in [0.05, 0.1) is 13.2 Å². The molecule has 0 saturated carbocycles. The van der Waals surface area contributed by atoms with Crippen LogP contribution in [0.1, 0.15) is 17.2 Å². The fourth-order valence-corrected chi connectivity index (χ4v) is 1.76. The standard InChI is InChI=1S/C12H13F2N3O/c1-8-15-12(17(16-8)5-6-18)7-9-10(13)3-2-4-11(9)14/h2-4,18H,5-7H2,1H3. The topological polar surface area (TPSA) is 50.9 Å². The number of aromatic nitrogens is 3. The van der Waals surface area contributed by atoms with Crippen LogP contribution in [0.25, 0.3) is 0 Å². The molecule has 2 aromatic rings. The van der Waals surface area contributed by atoms with Gasteiger partial charge in [0, 0.05) is 12.0 Å². The average molecular weight is 253 g/mol. The van der Waals surface area contributed by atoms with Gasteiger partial charge in [0.15, 0.2) is 0 Å². The van der Waals surface area contributed by atoms with Crippen molar-refractivity contribution in [3.8, 4) is 0 Å². The molecular formula is C12H13F2N3O. The van der Waals surface area contributed by atoms with E-state index in [-0.39, 0.29) is 25.1 Å². The van der Waals surface area contributed by atoms with E-state index < -0.39 is 11.6 Å². The lowest BCUT2D eigenvalue weighted by Gasteiger charge is -2.06. The second kappa shape index (κ2) is 5.22. The van der Waals surface area contributed by atoms with Crippen molar-refractivity contribution in [2.24, 2.45) is 0 Å². The lowest BCUT2D eigenvalue weighted by atomic mass is 10.1. The molecular weight excluding hydrogens is 240 g/mol. The molecule has 0 saturated heterocycles. The molecule has 6 heteroatoms. The van der Waals surface area contributed by atoms with E-state index in [2.05, 4.69) is 10.1 Å². The lowest BCUT2D eigenvalue weighted by molar-refractivity contribution is 0.267. The molecule has 1 aromatic carbocycles. The Balaban J connectivity index is 2.33. The minimum absolute atomic E-state index is 0.0132. The van der Waals surface area contributed by atoms with E-state index in [1.54, 1.807) is 6.92 Å². The van der Waals surface area contributed by atoms with Gasteiger partial charge in [-0.2, -0.15) is 5.10 Å². The molecule has 0 spiro atoms. The van der Waals surface area contributed by atoms with Gasteiger partial charge < -0.3 is 5.11 Å². The van der Waals surface area contributed by atoms with Gasteiger partial charge >= 0.3 is 0 Å². The summed E-state index contributed by atoms with van der Waals surface area (Å²) in [7, 11) is 0. The van der Waals surface area contributed by atoms with E-state index in [1.807, 2.05) is 0 Å². The summed E-state index contributed by atoms with van der Waals surface area (Å²) in [5.74, 6) is -0.266. The first-order chi connectivity index (χ1) is 8.61. The summed E-state index contributed by atoms with van der Waals surface area (Å²) in [6, 6.07) is 3.73. The largest absolute Gasteiger partial charge is 0.394 e. The van der Waals surface area contributed by atoms with Gasteiger partial charge in [-0.25, -0.2) is 18.4 Å². The Morgan fingerprint density at radius 3 is 2.56 bits per heavy atom. The predicted molar refractivity (Wildman–Crippen MR) is 61.0 cm³/mol. The smallest absolute Gasteiger partial charge is 0.147 e. The van der Waals surface area contributed by atoms with Crippen LogP contribution in [0, 0.1) is 18.6 Å². The minimum Gasteiger partial charge on any atom is -0.394 e. The minimum atomic E-state index is -0.605. The van der Waals surface area contributed by atoms with Crippen LogP contribution in [0.5, 0.6) is 0 Å². The van der Waals surface area contributed by atoms with Gasteiger partial charge in [-0.05, 0) is 19.1 Å². The molecule has 0 atom stereocenters. The molecule has 0 aliphatic carbocycles. The van der Waals surface area contributed by atoms with Crippen molar-refractivity contribution < 1.29 is 13.9 Å². The molecule has 0 bridgehead atoms. The summed E-state index contributed by atoms with van der Waals surface area (Å²) in [4.78, 5) is 4.11. The maximum Gasteiger partial charge on any atom is 0.147 e. The third kappa shape index (κ3) is 2.53. The van der Waals surface area contributed by atoms with Crippen molar-refractivity contribution >= 4 is 0 Å². The van der Waals surface area contributed by atoms with Gasteiger partial charge in [-0.15, -0.1) is 0 Å². The van der Waals surface area contributed by atoms with E-state index in [0.717, 1.165) is 0 Å². The fraction of sp³-hybridized carbons (Fsp3) is 0.333. The predicted octanol–water partition coefficient (Wildman–Crippen LogP) is 1.45. The van der Waals surface area contributed by atoms with E-state index >= 15 is 0 Å². The van der Waals surface area contributed by atoms with Crippen LogP contribution >= 0.6 is 0 Å². The zero-order valence-electron chi connectivity index (χ0n) is 9.90. The Bertz CT molecular complexity index is 534. The monoisotopic (exact) mass is 253 g/mol. The second-order valence-corrected chi connectivity index (χ2v) is 3.90. The normalized spacial score (nSPS) is 10.9. The number of benzene rings is 1. The molecule has 1 N–H and O–H groups in total. The Morgan fingerprint density at radius 1 is 1.28 bits per heavy atom. The van der Waals surface area contributed by atoms with E-state index in [9.17, 15) is 8.78 Å². The number of aryl methyl sites for hydroxylation is 1. The summed E-state index contributed by atoms with van der Waals surface area (Å²) in [6.45, 7) is 1.84. The molecule has 1 aromatic heterocycles. The van der Waals surface area contributed by atoms with Crippen LogP contribution in [0.3, 0.4) is 0 Å². The summed E-state index contributed by atoms with van der Waals surface area (Å²) >= 11 is 0. The number of aliphatic hydroxyl groups excluding tert-OH is 1. The van der Waals surface area contributed by atoms with Crippen molar-refractivity contribution in [1.29, 1.82) is 0 Å². The van der Waals surface area contributed by atoms with Crippen molar-refractivity contribution in [2.45, 2.75) is 19.9 Å². The van der Waals surface area contributed by atoms with Crippen molar-refractivity contribution in [2.75, 3.05) is 6.61 Å². The van der Waals surface area contributed by atoms with Crippen LogP contribution in [0.15, 0.2) is 18.2 Å². The Hall–Kier alpha value is -1.82. The zero-order chi connectivity index (χ0) is 13.1. The van der Waals surface area contributed by atoms with Crippen LogP contribution < -0.4 is 0 Å². The van der Waals surface area contributed by atoms with E-state index in [1.165, 1.54) is 22.9 Å². The maximum atomic E-state index is 13.5. The summed E-state index contributed by atoms with van der Waals surface area (Å²) in [6.07, 6.45) is 0.0132. The molecule has 0 radical (unpaired) electrons. The molecule has 0 aliphatic heterocycles. The molecule has 4 nitrogen and oxygen atoms in total. The Labute approximate surface area is 103 Å². The number of nitrogens with zero attached hydrogens (tertiary/aromatic N) is 3. The molecule has 96 valence electrons. The Kier molecular flexibility index (Phi) is 3.66. The first-order valence-corrected chi connectivity index (χ1v) is 5.56. The molecule has 2 rings (SSSR count). The van der Waals surface area contributed by atoms with Gasteiger partial charge in [0.2, 0.25) is 0 Å². The average Bonchev–Trinajstić information content (AvgIpc) is 2.65. The number of hydrogen-bond donors (Lipinski definition) is 1. The highest BCUT2D eigenvalue weighted by molar-refractivity contribution is 5.23. The van der Waals surface area contributed by atoms with Gasteiger partial charge in [-0.1, -0.05) is 6.07 Å². The maximum absolute atomic E-state index is 13.5. The third-order valence-electron chi connectivity index (χ3n) is 2.56. The third-order valence-corrected chi connectivity index (χ3v) is 2.56. The van der Waals surface area contributed by atoms with Gasteiger partial charge in [-0.3, -0.25) is 0 Å². The quantitative estimate of drug-likeness (QED) is 0.897. The lowest BCUT2D eigenvalue weighted by Crippen LogP contribution is -2.10. The van der Waals surface area contributed by atoms with E-state index in [0.29, 0.717) is 11.6 Å². The highest BCUT2D eigenvalue weighted by atomic mass is 19.1. The van der Waals surface area contributed by atoms with Crippen molar-refractivity contribution in [1.82, 2.24) is 14.8 Å². The summed E-state index contributed by atoms with van der Waals surface area (Å²) in [5.41, 5.74) is -0.0379. The fourth-order valence-electron chi connectivity index (χ4n) is 1.76. The van der Waals surface area contributed by atoms with Crippen LogP contribution in [-0.2, 0) is 13.0 Å². The first kappa shape index (κ1) is 12.6. The summed E-state index contributed by atoms with van der Waals surface area (Å²) < 4.78 is 28.5. The van der Waals surface area contributed by atoms with E-state index in [4.69, 9.17) is 5.11 Å². The highest BCUT2D eigenvalue weighted by Gasteiger charge is 2.14. The number of rotatable bonds is 4. The zero-order valence-corrected chi connectivity index (χ0v) is 9.90. The summed E-state index contributed by atoms with van der Waals surface area (Å²) in [5, 5.41) is 12.9. The molecule has 0 aliphatic rings. The molecule has 18 heavy (non-hydrogen) atoms.